The van der Waals surface area contributed by atoms with Crippen LogP contribution in [0.3, 0.4) is 0 Å². The van der Waals surface area contributed by atoms with E-state index in [1.807, 2.05) is 0 Å². The molecule has 0 aliphatic rings. The fraction of sp³-hybridized carbons (Fsp3) is 0.750. The van der Waals surface area contributed by atoms with Crippen LogP contribution < -0.4 is 0 Å². The quantitative estimate of drug-likeness (QED) is 0.371. The molecule has 0 atom stereocenters. The molecule has 0 bridgehead atoms. The molecule has 0 saturated carbocycles. The molecular weight excluding hydrogens is 369 g/mol. The van der Waals surface area contributed by atoms with Gasteiger partial charge in [-0.15, -0.1) is 52.1 Å². The van der Waals surface area contributed by atoms with Gasteiger partial charge in [0.05, 0.1) is 0 Å². The maximum absolute atomic E-state index is 2.31. The summed E-state index contributed by atoms with van der Waals surface area (Å²) in [6.07, 6.45) is 0. The normalized spacial score (nSPS) is 5.06. The molecule has 1 radical (unpaired) electrons. The van der Waals surface area contributed by atoms with Crippen molar-refractivity contribution >= 4 is 42.4 Å². The summed E-state index contributed by atoms with van der Waals surface area (Å²) in [5.41, 5.74) is 0. The van der Waals surface area contributed by atoms with Gasteiger partial charge in [0.15, 0.2) is 0 Å². The van der Waals surface area contributed by atoms with Crippen LogP contribution in [0.5, 0.6) is 0 Å². The van der Waals surface area contributed by atoms with Crippen molar-refractivity contribution in [2.24, 2.45) is 0 Å². The van der Waals surface area contributed by atoms with Crippen LogP contribution in [0, 0.1) is 63.1 Å². The van der Waals surface area contributed by atoms with Gasteiger partial charge in [-0.2, -0.15) is 0 Å². The molecule has 0 saturated heterocycles. The Balaban J connectivity index is -0.0000000135. The Morgan fingerprint density at radius 1 is 0.375 bits per heavy atom. The molecule has 97 valence electrons. The monoisotopic (exact) mass is 403 g/mol. The first-order valence-electron chi connectivity index (χ1n) is 5.20. The van der Waals surface area contributed by atoms with E-state index in [4.69, 9.17) is 0 Å². The molecule has 16 heavy (non-hydrogen) atoms. The predicted molar refractivity (Wildman–Crippen MR) is 89.3 cm³/mol. The molecule has 0 aromatic rings. The second-order valence-corrected chi connectivity index (χ2v) is 15.6. The van der Waals surface area contributed by atoms with E-state index in [9.17, 15) is 0 Å². The number of hydrogen-bond donors (Lipinski definition) is 0. The second kappa shape index (κ2) is 36.1. The first kappa shape index (κ1) is 42.8. The van der Waals surface area contributed by atoms with Crippen LogP contribution in [0.25, 0.3) is 0 Å². The molecule has 0 aliphatic heterocycles. The van der Waals surface area contributed by atoms with E-state index in [2.05, 4.69) is 52.1 Å². The number of hydrogen-bond acceptors (Lipinski definition) is 0. The molecule has 0 unspecified atom stereocenters. The van der Waals surface area contributed by atoms with Crippen molar-refractivity contribution in [1.29, 1.82) is 0 Å². The van der Waals surface area contributed by atoms with Gasteiger partial charge in [0, 0.05) is 0 Å². The van der Waals surface area contributed by atoms with Gasteiger partial charge in [0.1, 0.15) is 0 Å². The Labute approximate surface area is 155 Å². The Morgan fingerprint density at radius 3 is 0.375 bits per heavy atom. The zero-order valence-corrected chi connectivity index (χ0v) is 20.9. The molecule has 0 heterocycles. The molecule has 0 aromatic carbocycles. The van der Waals surface area contributed by atoms with Crippen molar-refractivity contribution in [3.63, 3.8) is 0 Å². The third-order valence-electron chi connectivity index (χ3n) is 0. The van der Waals surface area contributed by atoms with Gasteiger partial charge in [0.2, 0.25) is 0 Å². The van der Waals surface area contributed by atoms with Gasteiger partial charge in [0.25, 0.3) is 42.4 Å². The van der Waals surface area contributed by atoms with Crippen molar-refractivity contribution in [2.45, 2.75) is 52.1 Å². The molecule has 0 N–H and O–H groups in total. The Hall–Kier alpha value is 2.95. The molecule has 0 amide bonds. The van der Waals surface area contributed by atoms with E-state index in [0.29, 0.717) is 0 Å². The standard InChI is InChI=1S/12CH3.3Al.Nd/h12*1H3;;;;/q;;;;;;;;;3*-1;;;;+3. The van der Waals surface area contributed by atoms with Crippen LogP contribution in [0.15, 0.2) is 0 Å². The molecular formula is C12H36Al3Nd. The molecule has 0 fully saturated rings. The van der Waals surface area contributed by atoms with Crippen LogP contribution in [0.4, 0.5) is 0 Å². The zero-order valence-electron chi connectivity index (χ0n) is 14.2. The predicted octanol–water partition coefficient (Wildman–Crippen LogP) is 5.46. The summed E-state index contributed by atoms with van der Waals surface area (Å²) < 4.78 is 0. The minimum absolute atomic E-state index is 0. The average Bonchev–Trinajstić information content (AvgIpc) is 1.54. The smallest absolute Gasteiger partial charge is 0.358 e. The Kier molecular flexibility index (Phi) is 96.5. The van der Waals surface area contributed by atoms with Crippen LogP contribution >= 0.6 is 0 Å². The Bertz CT molecular complexity index is 44.8. The molecule has 4 heteroatoms. The number of rotatable bonds is 0. The molecule has 0 rings (SSSR count). The van der Waals surface area contributed by atoms with Gasteiger partial charge in [-0.05, 0) is 0 Å². The molecule has 0 aromatic heterocycles. The largest absolute Gasteiger partial charge is 3.00 e. The SMILES string of the molecule is [CH3-].[CH3-].[CH3-].[CH3][Al]([CH3])[CH3].[CH3][Al]([CH3])[CH3].[CH3][Al]([CH3])[CH3].[Nd+3]. The fourth-order valence-electron chi connectivity index (χ4n) is 0. The summed E-state index contributed by atoms with van der Waals surface area (Å²) in [6.45, 7) is 0. The third kappa shape index (κ3) is 496. The summed E-state index contributed by atoms with van der Waals surface area (Å²) in [7, 11) is 0. The zero-order chi connectivity index (χ0) is 10.7. The Morgan fingerprint density at radius 2 is 0.375 bits per heavy atom. The molecule has 0 aliphatic carbocycles. The molecule has 0 nitrogen and oxygen atoms in total. The van der Waals surface area contributed by atoms with Gasteiger partial charge in [-0.3, -0.25) is 0 Å². The first-order chi connectivity index (χ1) is 5.20. The summed E-state index contributed by atoms with van der Waals surface area (Å²) in [4.78, 5) is 0. The van der Waals surface area contributed by atoms with Gasteiger partial charge < -0.3 is 22.3 Å². The summed E-state index contributed by atoms with van der Waals surface area (Å²) in [6, 6.07) is 0. The van der Waals surface area contributed by atoms with E-state index >= 15 is 0 Å². The van der Waals surface area contributed by atoms with Crippen molar-refractivity contribution in [2.75, 3.05) is 0 Å². The minimum atomic E-state index is -0.139. The van der Waals surface area contributed by atoms with E-state index in [1.54, 1.807) is 0 Å². The van der Waals surface area contributed by atoms with E-state index in [0.717, 1.165) is 0 Å². The topological polar surface area (TPSA) is 0 Å². The first-order valence-corrected chi connectivity index (χ1v) is 15.6. The van der Waals surface area contributed by atoms with Gasteiger partial charge >= 0.3 is 40.8 Å². The van der Waals surface area contributed by atoms with Crippen molar-refractivity contribution in [3.05, 3.63) is 22.3 Å². The van der Waals surface area contributed by atoms with Crippen molar-refractivity contribution in [1.82, 2.24) is 0 Å². The van der Waals surface area contributed by atoms with Gasteiger partial charge in [-0.1, -0.05) is 0 Å². The average molecular weight is 406 g/mol. The second-order valence-electron chi connectivity index (χ2n) is 5.20. The summed E-state index contributed by atoms with van der Waals surface area (Å²) in [5.74, 6) is 20.8. The maximum Gasteiger partial charge on any atom is 3.00 e. The maximum atomic E-state index is 2.31. The third-order valence-corrected chi connectivity index (χ3v) is 0. The minimum Gasteiger partial charge on any atom is -0.358 e. The molecule has 0 spiro atoms. The van der Waals surface area contributed by atoms with Crippen LogP contribution in [0.2, 0.25) is 52.1 Å². The van der Waals surface area contributed by atoms with Crippen molar-refractivity contribution in [3.8, 4) is 0 Å². The van der Waals surface area contributed by atoms with Crippen LogP contribution in [-0.2, 0) is 0 Å². The van der Waals surface area contributed by atoms with E-state index in [-0.39, 0.29) is 106 Å². The summed E-state index contributed by atoms with van der Waals surface area (Å²) in [5, 5.41) is 0. The van der Waals surface area contributed by atoms with E-state index < -0.39 is 0 Å². The van der Waals surface area contributed by atoms with Crippen LogP contribution in [0.1, 0.15) is 0 Å². The summed E-state index contributed by atoms with van der Waals surface area (Å²) >= 11 is -0.417. The fourth-order valence-corrected chi connectivity index (χ4v) is 0. The van der Waals surface area contributed by atoms with Gasteiger partial charge in [-0.25, -0.2) is 0 Å². The van der Waals surface area contributed by atoms with Crippen molar-refractivity contribution < 1.29 is 40.8 Å². The van der Waals surface area contributed by atoms with E-state index in [1.165, 1.54) is 0 Å². The van der Waals surface area contributed by atoms with Crippen LogP contribution in [-0.4, -0.2) is 42.4 Å².